The Morgan fingerprint density at radius 2 is 1.60 bits per heavy atom. The highest BCUT2D eigenvalue weighted by Crippen LogP contribution is 2.29. The third-order valence-electron chi connectivity index (χ3n) is 4.51. The minimum atomic E-state index is -0.882. The van der Waals surface area contributed by atoms with E-state index in [1.165, 1.54) is 44.2 Å². The van der Waals surface area contributed by atoms with E-state index in [1.807, 2.05) is 0 Å². The number of para-hydroxylation sites is 1. The fourth-order valence-corrected chi connectivity index (χ4v) is 2.75. The highest BCUT2D eigenvalue weighted by Gasteiger charge is 2.19. The number of carbonyl (C=O) groups excluding carboxylic acids is 4. The van der Waals surface area contributed by atoms with Crippen LogP contribution in [0.15, 0.2) is 42.5 Å². The highest BCUT2D eigenvalue weighted by molar-refractivity contribution is 5.94. The van der Waals surface area contributed by atoms with Crippen molar-refractivity contribution >= 4 is 23.9 Å². The van der Waals surface area contributed by atoms with Gasteiger partial charge in [-0.1, -0.05) is 31.9 Å². The summed E-state index contributed by atoms with van der Waals surface area (Å²) in [6, 6.07) is 9.30. The molecule has 2 rings (SSSR count). The first-order valence-electron chi connectivity index (χ1n) is 11.1. The Bertz CT molecular complexity index is 1050. The van der Waals surface area contributed by atoms with E-state index in [1.54, 1.807) is 12.1 Å². The molecule has 0 fully saturated rings. The van der Waals surface area contributed by atoms with Crippen molar-refractivity contribution in [2.45, 2.75) is 46.1 Å². The Balaban J connectivity index is 2.05. The number of carbonyl (C=O) groups is 4. The lowest BCUT2D eigenvalue weighted by Crippen LogP contribution is -2.31. The molecule has 10 heteroatoms. The average Bonchev–Trinajstić information content (AvgIpc) is 2.82. The maximum atomic E-state index is 12.5. The van der Waals surface area contributed by atoms with E-state index in [2.05, 4.69) is 6.92 Å². The molecule has 0 aromatic heterocycles. The Labute approximate surface area is 203 Å². The number of esters is 4. The van der Waals surface area contributed by atoms with Crippen LogP contribution in [0.2, 0.25) is 0 Å². The molecular weight excluding hydrogens is 458 g/mol. The second-order valence-corrected chi connectivity index (χ2v) is 7.50. The number of hydrogen-bond acceptors (Lipinski definition) is 10. The average molecular weight is 488 g/mol. The summed E-state index contributed by atoms with van der Waals surface area (Å²) in [5.41, 5.74) is 5.60. The molecule has 35 heavy (non-hydrogen) atoms. The number of benzene rings is 2. The number of ether oxygens (including phenoxy) is 5. The smallest absolute Gasteiger partial charge is 0.344 e. The zero-order chi connectivity index (χ0) is 25.8. The molecular formula is C25H29NO9. The molecule has 1 atom stereocenters. The maximum absolute atomic E-state index is 12.5. The summed E-state index contributed by atoms with van der Waals surface area (Å²) in [5, 5.41) is 0. The molecule has 1 unspecified atom stereocenters. The zero-order valence-corrected chi connectivity index (χ0v) is 19.9. The highest BCUT2D eigenvalue weighted by atomic mass is 16.7. The van der Waals surface area contributed by atoms with E-state index >= 15 is 0 Å². The molecule has 0 heterocycles. The molecule has 0 aliphatic heterocycles. The van der Waals surface area contributed by atoms with Crippen molar-refractivity contribution in [2.24, 2.45) is 5.73 Å². The second-order valence-electron chi connectivity index (χ2n) is 7.50. The Kier molecular flexibility index (Phi) is 10.7. The van der Waals surface area contributed by atoms with Gasteiger partial charge in [-0.25, -0.2) is 14.4 Å². The van der Waals surface area contributed by atoms with E-state index in [-0.39, 0.29) is 28.4 Å². The summed E-state index contributed by atoms with van der Waals surface area (Å²) in [5.74, 6) is -2.67. The van der Waals surface area contributed by atoms with Gasteiger partial charge in [0.05, 0.1) is 12.2 Å². The first kappa shape index (κ1) is 27.3. The standard InChI is InChI=1S/C25H29NO9/c1-4-5-8-13-31-21-12-11-18(14-22(21)35-23(28)16(2)26)24(29)32-15-33-25(30)19-9-6-7-10-20(19)34-17(3)27/h6-7,9-12,14,16H,4-5,8,13,15,26H2,1-3H3. The third-order valence-corrected chi connectivity index (χ3v) is 4.51. The van der Waals surface area contributed by atoms with Crippen LogP contribution < -0.4 is 19.9 Å². The minimum absolute atomic E-state index is 0.00609. The second kappa shape index (κ2) is 13.7. The van der Waals surface area contributed by atoms with Crippen LogP contribution in [0.4, 0.5) is 0 Å². The lowest BCUT2D eigenvalue weighted by atomic mass is 10.2. The van der Waals surface area contributed by atoms with Gasteiger partial charge in [-0.2, -0.15) is 0 Å². The van der Waals surface area contributed by atoms with Crippen LogP contribution in [-0.4, -0.2) is 43.3 Å². The summed E-state index contributed by atoms with van der Waals surface area (Å²) >= 11 is 0. The van der Waals surface area contributed by atoms with Crippen LogP contribution in [-0.2, 0) is 19.1 Å². The van der Waals surface area contributed by atoms with Crippen molar-refractivity contribution < 1.29 is 42.9 Å². The van der Waals surface area contributed by atoms with E-state index in [0.717, 1.165) is 19.3 Å². The fraction of sp³-hybridized carbons (Fsp3) is 0.360. The van der Waals surface area contributed by atoms with Gasteiger partial charge in [-0.3, -0.25) is 4.79 Å². The molecule has 2 aromatic carbocycles. The van der Waals surface area contributed by atoms with Crippen LogP contribution in [0.1, 0.15) is 60.7 Å². The van der Waals surface area contributed by atoms with Gasteiger partial charge in [-0.15, -0.1) is 0 Å². The van der Waals surface area contributed by atoms with Crippen molar-refractivity contribution in [1.29, 1.82) is 0 Å². The Morgan fingerprint density at radius 1 is 0.886 bits per heavy atom. The lowest BCUT2D eigenvalue weighted by Gasteiger charge is -2.14. The van der Waals surface area contributed by atoms with Gasteiger partial charge in [0.25, 0.3) is 0 Å². The molecule has 0 aliphatic carbocycles. The van der Waals surface area contributed by atoms with E-state index in [0.29, 0.717) is 6.61 Å². The monoisotopic (exact) mass is 487 g/mol. The van der Waals surface area contributed by atoms with Crippen LogP contribution >= 0.6 is 0 Å². The van der Waals surface area contributed by atoms with Crippen molar-refractivity contribution in [3.05, 3.63) is 53.6 Å². The molecule has 0 saturated carbocycles. The summed E-state index contributed by atoms with van der Waals surface area (Å²) < 4.78 is 25.9. The number of unbranched alkanes of at least 4 members (excludes halogenated alkanes) is 2. The van der Waals surface area contributed by atoms with Gasteiger partial charge in [0.1, 0.15) is 17.4 Å². The molecule has 10 nitrogen and oxygen atoms in total. The molecule has 0 amide bonds. The zero-order valence-electron chi connectivity index (χ0n) is 19.9. The Hall–Kier alpha value is -3.92. The largest absolute Gasteiger partial charge is 0.490 e. The van der Waals surface area contributed by atoms with Crippen LogP contribution in [0.25, 0.3) is 0 Å². The predicted octanol–water partition coefficient (Wildman–Crippen LogP) is 3.40. The molecule has 0 saturated heterocycles. The number of rotatable bonds is 12. The van der Waals surface area contributed by atoms with Gasteiger partial charge in [0.15, 0.2) is 11.5 Å². The summed E-state index contributed by atoms with van der Waals surface area (Å²) in [4.78, 5) is 48.0. The molecule has 188 valence electrons. The van der Waals surface area contributed by atoms with Crippen molar-refractivity contribution in [1.82, 2.24) is 0 Å². The summed E-state index contributed by atoms with van der Waals surface area (Å²) in [6.45, 7) is 4.44. The summed E-state index contributed by atoms with van der Waals surface area (Å²) in [6.07, 6.45) is 2.80. The van der Waals surface area contributed by atoms with E-state index in [9.17, 15) is 19.2 Å². The van der Waals surface area contributed by atoms with Crippen molar-refractivity contribution in [3.8, 4) is 17.2 Å². The lowest BCUT2D eigenvalue weighted by molar-refractivity contribution is -0.135. The summed E-state index contributed by atoms with van der Waals surface area (Å²) in [7, 11) is 0. The van der Waals surface area contributed by atoms with Gasteiger partial charge >= 0.3 is 23.9 Å². The minimum Gasteiger partial charge on any atom is -0.490 e. The predicted molar refractivity (Wildman–Crippen MR) is 124 cm³/mol. The molecule has 0 bridgehead atoms. The van der Waals surface area contributed by atoms with Crippen LogP contribution in [0, 0.1) is 0 Å². The van der Waals surface area contributed by atoms with Crippen LogP contribution in [0.5, 0.6) is 17.2 Å². The van der Waals surface area contributed by atoms with Crippen molar-refractivity contribution in [3.63, 3.8) is 0 Å². The normalized spacial score (nSPS) is 11.2. The SMILES string of the molecule is CCCCCOc1ccc(C(=O)OCOC(=O)c2ccccc2OC(C)=O)cc1OC(=O)C(C)N. The third kappa shape index (κ3) is 8.74. The topological polar surface area (TPSA) is 140 Å². The van der Waals surface area contributed by atoms with E-state index < -0.39 is 36.7 Å². The quantitative estimate of drug-likeness (QED) is 0.205. The number of nitrogens with two attached hydrogens (primary N) is 1. The van der Waals surface area contributed by atoms with Gasteiger partial charge in [0, 0.05) is 6.92 Å². The number of hydrogen-bond donors (Lipinski definition) is 1. The molecule has 0 spiro atoms. The first-order chi connectivity index (χ1) is 16.7. The van der Waals surface area contributed by atoms with E-state index in [4.69, 9.17) is 29.4 Å². The molecule has 0 radical (unpaired) electrons. The molecule has 2 N–H and O–H groups in total. The van der Waals surface area contributed by atoms with Crippen molar-refractivity contribution in [2.75, 3.05) is 13.4 Å². The first-order valence-corrected chi connectivity index (χ1v) is 11.1. The molecule has 2 aromatic rings. The maximum Gasteiger partial charge on any atom is 0.344 e. The Morgan fingerprint density at radius 3 is 2.29 bits per heavy atom. The van der Waals surface area contributed by atoms with Crippen LogP contribution in [0.3, 0.4) is 0 Å². The molecule has 0 aliphatic rings. The van der Waals surface area contributed by atoms with Gasteiger partial charge in [-0.05, 0) is 43.7 Å². The van der Waals surface area contributed by atoms with Gasteiger partial charge in [0.2, 0.25) is 6.79 Å². The fourth-order valence-electron chi connectivity index (χ4n) is 2.75. The van der Waals surface area contributed by atoms with Gasteiger partial charge < -0.3 is 29.4 Å².